The van der Waals surface area contributed by atoms with Crippen molar-refractivity contribution in [3.8, 4) is 0 Å². The summed E-state index contributed by atoms with van der Waals surface area (Å²) in [5.74, 6) is 5.42. The number of nitrogens with one attached hydrogen (secondary N) is 2. The third-order valence-electron chi connectivity index (χ3n) is 3.16. The van der Waals surface area contributed by atoms with Crippen LogP contribution in [0.2, 0.25) is 0 Å². The number of hydrogen-bond donors (Lipinski definition) is 3. The largest absolute Gasteiger partial charge is 0.307 e. The molecule has 0 atom stereocenters. The summed E-state index contributed by atoms with van der Waals surface area (Å²) in [6.07, 6.45) is 3.85. The van der Waals surface area contributed by atoms with Gasteiger partial charge in [0.2, 0.25) is 10.0 Å². The predicted octanol–water partition coefficient (Wildman–Crippen LogP) is 0.504. The van der Waals surface area contributed by atoms with Crippen molar-refractivity contribution in [2.45, 2.75) is 17.7 Å². The van der Waals surface area contributed by atoms with Crippen LogP contribution in [0.1, 0.15) is 12.8 Å². The van der Waals surface area contributed by atoms with Gasteiger partial charge >= 0.3 is 0 Å². The molecule has 9 heteroatoms. The Balaban J connectivity index is 2.03. The lowest BCUT2D eigenvalue weighted by Gasteiger charge is -2.15. The Kier molecular flexibility index (Phi) is 5.33. The second kappa shape index (κ2) is 6.81. The number of halogens is 1. The first-order chi connectivity index (χ1) is 9.53. The predicted molar refractivity (Wildman–Crippen MR) is 80.6 cm³/mol. The Labute approximate surface area is 127 Å². The average Bonchev–Trinajstić information content (AvgIpc) is 2.91. The van der Waals surface area contributed by atoms with E-state index in [1.54, 1.807) is 0 Å². The minimum atomic E-state index is -3.63. The Morgan fingerprint density at radius 3 is 2.75 bits per heavy atom. The van der Waals surface area contributed by atoms with E-state index in [0.717, 1.165) is 13.1 Å². The van der Waals surface area contributed by atoms with Gasteiger partial charge in [0.15, 0.2) is 5.82 Å². The van der Waals surface area contributed by atoms with Gasteiger partial charge in [0, 0.05) is 23.8 Å². The minimum absolute atomic E-state index is 0.0378. The summed E-state index contributed by atoms with van der Waals surface area (Å²) in [6, 6.07) is 1.47. The summed E-state index contributed by atoms with van der Waals surface area (Å²) in [5, 5.41) is 0. The number of nitrogens with two attached hydrogens (primary N) is 1. The van der Waals surface area contributed by atoms with Gasteiger partial charge in [-0.2, -0.15) is 0 Å². The molecule has 0 unspecified atom stereocenters. The molecular weight excluding hydrogens is 346 g/mol. The maximum Gasteiger partial charge on any atom is 0.244 e. The van der Waals surface area contributed by atoms with Gasteiger partial charge in [-0.25, -0.2) is 24.0 Å². The van der Waals surface area contributed by atoms with Gasteiger partial charge in [-0.3, -0.25) is 0 Å². The lowest BCUT2D eigenvalue weighted by Crippen LogP contribution is -2.34. The van der Waals surface area contributed by atoms with Crippen molar-refractivity contribution in [3.05, 3.63) is 16.7 Å². The number of aromatic nitrogens is 1. The smallest absolute Gasteiger partial charge is 0.244 e. The Morgan fingerprint density at radius 2 is 2.10 bits per heavy atom. The first kappa shape index (κ1) is 15.6. The molecule has 1 aromatic heterocycles. The van der Waals surface area contributed by atoms with E-state index < -0.39 is 10.0 Å². The number of rotatable bonds is 6. The quantitative estimate of drug-likeness (QED) is 0.502. The van der Waals surface area contributed by atoms with Crippen LogP contribution in [0.4, 0.5) is 5.82 Å². The van der Waals surface area contributed by atoms with Crippen molar-refractivity contribution in [2.24, 2.45) is 5.84 Å². The van der Waals surface area contributed by atoms with Crippen LogP contribution in [0.5, 0.6) is 0 Å². The summed E-state index contributed by atoms with van der Waals surface area (Å²) in [7, 11) is -3.63. The molecule has 112 valence electrons. The highest BCUT2D eigenvalue weighted by atomic mass is 79.9. The maximum atomic E-state index is 12.3. The van der Waals surface area contributed by atoms with Crippen molar-refractivity contribution in [1.82, 2.24) is 14.6 Å². The molecule has 4 N–H and O–H groups in total. The van der Waals surface area contributed by atoms with Crippen molar-refractivity contribution in [1.29, 1.82) is 0 Å². The van der Waals surface area contributed by atoms with E-state index in [4.69, 9.17) is 5.84 Å². The summed E-state index contributed by atoms with van der Waals surface area (Å²) >= 11 is 3.21. The van der Waals surface area contributed by atoms with Gasteiger partial charge in [-0.1, -0.05) is 0 Å². The third kappa shape index (κ3) is 3.89. The fourth-order valence-electron chi connectivity index (χ4n) is 2.16. The minimum Gasteiger partial charge on any atom is -0.307 e. The first-order valence-electron chi connectivity index (χ1n) is 6.37. The molecule has 2 heterocycles. The van der Waals surface area contributed by atoms with Gasteiger partial charge in [-0.15, -0.1) is 0 Å². The number of hydrazine groups is 1. The molecule has 1 aliphatic heterocycles. The van der Waals surface area contributed by atoms with E-state index in [2.05, 4.69) is 36.0 Å². The molecule has 0 radical (unpaired) electrons. The molecule has 1 fully saturated rings. The third-order valence-corrected chi connectivity index (χ3v) is 5.07. The lowest BCUT2D eigenvalue weighted by atomic mass is 10.4. The number of anilines is 1. The molecular formula is C11H18BrN5O2S. The molecule has 0 aliphatic carbocycles. The topological polar surface area (TPSA) is 100 Å². The van der Waals surface area contributed by atoms with E-state index >= 15 is 0 Å². The molecule has 2 rings (SSSR count). The summed E-state index contributed by atoms with van der Waals surface area (Å²) in [6.45, 7) is 3.16. The van der Waals surface area contributed by atoms with Crippen molar-refractivity contribution >= 4 is 31.8 Å². The lowest BCUT2D eigenvalue weighted by molar-refractivity contribution is 0.344. The standard InChI is InChI=1S/C11H18BrN5O2S/c12-9-7-10(11(16-13)14-8-9)20(18,19)15-3-6-17-4-1-2-5-17/h7-8,15H,1-6,13H2,(H,14,16). The molecule has 20 heavy (non-hydrogen) atoms. The number of nitrogen functional groups attached to an aromatic ring is 1. The van der Waals surface area contributed by atoms with Gasteiger partial charge in [0.05, 0.1) is 0 Å². The summed E-state index contributed by atoms with van der Waals surface area (Å²) in [4.78, 5) is 6.21. The van der Waals surface area contributed by atoms with Crippen LogP contribution in [-0.4, -0.2) is 44.5 Å². The van der Waals surface area contributed by atoms with Crippen molar-refractivity contribution < 1.29 is 8.42 Å². The second-order valence-electron chi connectivity index (χ2n) is 4.59. The van der Waals surface area contributed by atoms with E-state index in [1.165, 1.54) is 25.1 Å². The zero-order valence-electron chi connectivity index (χ0n) is 11.0. The van der Waals surface area contributed by atoms with Gasteiger partial charge in [0.25, 0.3) is 0 Å². The Morgan fingerprint density at radius 1 is 1.40 bits per heavy atom. The molecule has 1 saturated heterocycles. The molecule has 0 bridgehead atoms. The van der Waals surface area contributed by atoms with Gasteiger partial charge in [-0.05, 0) is 47.9 Å². The van der Waals surface area contributed by atoms with Crippen LogP contribution >= 0.6 is 15.9 Å². The maximum absolute atomic E-state index is 12.3. The zero-order chi connectivity index (χ0) is 14.6. The van der Waals surface area contributed by atoms with Gasteiger partial charge in [0.1, 0.15) is 4.90 Å². The van der Waals surface area contributed by atoms with E-state index in [0.29, 0.717) is 17.6 Å². The zero-order valence-corrected chi connectivity index (χ0v) is 13.4. The SMILES string of the molecule is NNc1ncc(Br)cc1S(=O)(=O)NCCN1CCCC1. The number of likely N-dealkylation sites (tertiary alicyclic amines) is 1. The number of sulfonamides is 1. The van der Waals surface area contributed by atoms with Crippen LogP contribution in [0.15, 0.2) is 21.6 Å². The molecule has 1 aliphatic rings. The summed E-state index contributed by atoms with van der Waals surface area (Å²) < 4.78 is 27.7. The highest BCUT2D eigenvalue weighted by molar-refractivity contribution is 9.10. The molecule has 7 nitrogen and oxygen atoms in total. The summed E-state index contributed by atoms with van der Waals surface area (Å²) in [5.41, 5.74) is 2.30. The van der Waals surface area contributed by atoms with E-state index in [9.17, 15) is 8.42 Å². The Hall–Kier alpha value is -0.740. The molecule has 0 aromatic carbocycles. The molecule has 0 saturated carbocycles. The van der Waals surface area contributed by atoms with E-state index in [1.807, 2.05) is 0 Å². The number of nitrogens with zero attached hydrogens (tertiary/aromatic N) is 2. The van der Waals surface area contributed by atoms with Crippen LogP contribution in [0.3, 0.4) is 0 Å². The molecule has 1 aromatic rings. The monoisotopic (exact) mass is 363 g/mol. The normalized spacial score (nSPS) is 16.5. The second-order valence-corrected chi connectivity index (χ2v) is 7.24. The number of pyridine rings is 1. The van der Waals surface area contributed by atoms with Crippen LogP contribution in [-0.2, 0) is 10.0 Å². The highest BCUT2D eigenvalue weighted by Gasteiger charge is 2.20. The van der Waals surface area contributed by atoms with Crippen molar-refractivity contribution in [2.75, 3.05) is 31.6 Å². The fraction of sp³-hybridized carbons (Fsp3) is 0.545. The van der Waals surface area contributed by atoms with Crippen LogP contribution in [0, 0.1) is 0 Å². The molecule has 0 spiro atoms. The van der Waals surface area contributed by atoms with E-state index in [-0.39, 0.29) is 10.7 Å². The van der Waals surface area contributed by atoms with Crippen molar-refractivity contribution in [3.63, 3.8) is 0 Å². The highest BCUT2D eigenvalue weighted by Crippen LogP contribution is 2.21. The number of hydrogen-bond acceptors (Lipinski definition) is 6. The van der Waals surface area contributed by atoms with Crippen LogP contribution < -0.4 is 16.0 Å². The van der Waals surface area contributed by atoms with Crippen LogP contribution in [0.25, 0.3) is 0 Å². The fourth-order valence-corrected chi connectivity index (χ4v) is 3.80. The van der Waals surface area contributed by atoms with Gasteiger partial charge < -0.3 is 10.3 Å². The first-order valence-corrected chi connectivity index (χ1v) is 8.65. The average molecular weight is 364 g/mol. The Bertz CT molecular complexity index is 560. The molecule has 0 amide bonds.